The van der Waals surface area contributed by atoms with Crippen molar-refractivity contribution >= 4 is 0 Å². The van der Waals surface area contributed by atoms with Gasteiger partial charge in [0, 0.05) is 6.42 Å². The van der Waals surface area contributed by atoms with Crippen molar-refractivity contribution in [2.45, 2.75) is 32.6 Å². The maximum absolute atomic E-state index is 4.01. The number of halogens is 2. The summed E-state index contributed by atoms with van der Waals surface area (Å²) in [5, 5.41) is 0. The van der Waals surface area contributed by atoms with Crippen LogP contribution in [-0.2, 0) is 0 Å². The molecule has 2 nitrogen and oxygen atoms in total. The Morgan fingerprint density at radius 3 is 1.22 bits per heavy atom. The van der Waals surface area contributed by atoms with Gasteiger partial charge in [0.15, 0.2) is 0 Å². The minimum atomic E-state index is 0. The van der Waals surface area contributed by atoms with Crippen molar-refractivity contribution in [2.24, 2.45) is 0 Å². The third-order valence-corrected chi connectivity index (χ3v) is 5.08. The Balaban J connectivity index is -0.00000288. The molecule has 0 rings (SSSR count). The third-order valence-electron chi connectivity index (χ3n) is 5.08. The van der Waals surface area contributed by atoms with E-state index in [1.54, 1.807) is 0 Å². The second-order valence-corrected chi connectivity index (χ2v) is 7.27. The molecule has 27 heavy (non-hydrogen) atoms. The number of rotatable bonds is 18. The molecule has 0 radical (unpaired) electrons. The summed E-state index contributed by atoms with van der Waals surface area (Å²) in [5.74, 6) is 0. The van der Waals surface area contributed by atoms with E-state index in [1.807, 2.05) is 18.2 Å². The summed E-state index contributed by atoms with van der Waals surface area (Å²) in [6.45, 7) is 30.6. The molecular weight excluding hydrogens is 464 g/mol. The number of hydrogen-bond acceptors (Lipinski definition) is 0. The smallest absolute Gasteiger partial charge is 0.0975 e. The minimum Gasteiger partial charge on any atom is -1.00 e. The van der Waals surface area contributed by atoms with Gasteiger partial charge in [0.1, 0.15) is 0 Å². The van der Waals surface area contributed by atoms with E-state index in [2.05, 4.69) is 52.0 Å². The topological polar surface area (TPSA) is 0 Å². The average molecular weight is 506 g/mol. The fourth-order valence-corrected chi connectivity index (χ4v) is 3.86. The van der Waals surface area contributed by atoms with Crippen molar-refractivity contribution in [3.63, 3.8) is 0 Å². The first-order valence-corrected chi connectivity index (χ1v) is 9.82. The maximum Gasteiger partial charge on any atom is 0.0975 e. The molecule has 0 spiro atoms. The van der Waals surface area contributed by atoms with Crippen LogP contribution in [0.4, 0.5) is 0 Å². The average Bonchev–Trinajstić information content (AvgIpc) is 2.56. The highest BCUT2D eigenvalue weighted by Crippen LogP contribution is 2.16. The first kappa shape index (κ1) is 31.3. The van der Waals surface area contributed by atoms with Crippen LogP contribution in [-0.4, -0.2) is 61.3 Å². The molecule has 0 bridgehead atoms. The van der Waals surface area contributed by atoms with Gasteiger partial charge in [-0.1, -0.05) is 46.2 Å². The van der Waals surface area contributed by atoms with Crippen molar-refractivity contribution in [1.29, 1.82) is 0 Å². The third kappa shape index (κ3) is 12.6. The molecule has 0 atom stereocenters. The zero-order valence-corrected chi connectivity index (χ0v) is 20.7. The highest BCUT2D eigenvalue weighted by atomic mass is 79.9. The zero-order chi connectivity index (χ0) is 19.0. The lowest BCUT2D eigenvalue weighted by atomic mass is 10.1. The summed E-state index contributed by atoms with van der Waals surface area (Å²) in [5.41, 5.74) is 0. The van der Waals surface area contributed by atoms with Gasteiger partial charge in [0.2, 0.25) is 0 Å². The number of nitrogens with zero attached hydrogens (tertiary/aromatic N) is 2. The molecule has 0 saturated heterocycles. The second-order valence-electron chi connectivity index (χ2n) is 7.27. The molecule has 0 N–H and O–H groups in total. The zero-order valence-electron chi connectivity index (χ0n) is 17.6. The monoisotopic (exact) mass is 504 g/mol. The van der Waals surface area contributed by atoms with E-state index in [9.17, 15) is 0 Å². The van der Waals surface area contributed by atoms with Gasteiger partial charge in [0.05, 0.1) is 52.4 Å². The molecule has 0 amide bonds. The van der Waals surface area contributed by atoms with E-state index in [-0.39, 0.29) is 34.0 Å². The molecule has 0 aliphatic rings. The minimum absolute atomic E-state index is 0. The molecule has 4 heteroatoms. The van der Waals surface area contributed by atoms with Crippen LogP contribution < -0.4 is 34.0 Å². The van der Waals surface area contributed by atoms with Gasteiger partial charge in [0.25, 0.3) is 0 Å². The van der Waals surface area contributed by atoms with Gasteiger partial charge in [-0.15, -0.1) is 0 Å². The predicted octanol–water partition coefficient (Wildman–Crippen LogP) is -0.862. The molecule has 0 aliphatic heterocycles. The van der Waals surface area contributed by atoms with Crippen LogP contribution in [0.1, 0.15) is 32.6 Å². The van der Waals surface area contributed by atoms with Crippen LogP contribution in [0, 0.1) is 0 Å². The van der Waals surface area contributed by atoms with Crippen LogP contribution in [0.3, 0.4) is 0 Å². The molecule has 0 saturated carbocycles. The Labute approximate surface area is 190 Å². The van der Waals surface area contributed by atoms with Crippen LogP contribution >= 0.6 is 0 Å². The second kappa shape index (κ2) is 18.9. The van der Waals surface area contributed by atoms with Gasteiger partial charge < -0.3 is 42.9 Å². The van der Waals surface area contributed by atoms with Gasteiger partial charge in [-0.2, -0.15) is 0 Å². The van der Waals surface area contributed by atoms with Crippen LogP contribution in [0.15, 0.2) is 63.3 Å². The largest absolute Gasteiger partial charge is 1.00 e. The Morgan fingerprint density at radius 2 is 0.852 bits per heavy atom. The Morgan fingerprint density at radius 1 is 0.519 bits per heavy atom. The Hall–Kier alpha value is -0.420. The van der Waals surface area contributed by atoms with Crippen molar-refractivity contribution in [3.05, 3.63) is 63.3 Å². The first-order valence-electron chi connectivity index (χ1n) is 9.82. The van der Waals surface area contributed by atoms with Crippen molar-refractivity contribution < 1.29 is 42.9 Å². The summed E-state index contributed by atoms with van der Waals surface area (Å²) >= 11 is 0. The van der Waals surface area contributed by atoms with Gasteiger partial charge in [-0.05, 0) is 43.2 Å². The molecule has 0 heterocycles. The van der Waals surface area contributed by atoms with Gasteiger partial charge >= 0.3 is 0 Å². The lowest BCUT2D eigenvalue weighted by molar-refractivity contribution is -0.933. The van der Waals surface area contributed by atoms with E-state index in [4.69, 9.17) is 0 Å². The standard InChI is InChI=1S/C23H42N2.2BrH/c1-7-13-14-21-25(19-11-5,20-12-6)23-15-22-24(16-8-2,17-9-3)18-10-4;;/h8-12H,2-7,13-23H2,1H3;2*1H/q+2;;/p-2. The fourth-order valence-electron chi connectivity index (χ4n) is 3.86. The first-order chi connectivity index (χ1) is 12.1. The molecule has 0 unspecified atom stereocenters. The van der Waals surface area contributed by atoms with Gasteiger partial charge in [-0.25, -0.2) is 0 Å². The van der Waals surface area contributed by atoms with Crippen LogP contribution in [0.2, 0.25) is 0 Å². The fraction of sp³-hybridized carbons (Fsp3) is 0.565. The van der Waals surface area contributed by atoms with Crippen molar-refractivity contribution in [1.82, 2.24) is 0 Å². The van der Waals surface area contributed by atoms with E-state index in [0.717, 1.165) is 48.2 Å². The molecule has 0 aromatic rings. The van der Waals surface area contributed by atoms with E-state index in [0.29, 0.717) is 0 Å². The molecule has 0 fully saturated rings. The van der Waals surface area contributed by atoms with Crippen molar-refractivity contribution in [2.75, 3.05) is 52.4 Å². The highest BCUT2D eigenvalue weighted by Gasteiger charge is 2.28. The summed E-state index contributed by atoms with van der Waals surface area (Å²) in [7, 11) is 0. The predicted molar refractivity (Wildman–Crippen MR) is 115 cm³/mol. The van der Waals surface area contributed by atoms with E-state index < -0.39 is 0 Å². The number of quaternary nitrogens is 2. The quantitative estimate of drug-likeness (QED) is 0.129. The highest BCUT2D eigenvalue weighted by molar-refractivity contribution is 4.77. The summed E-state index contributed by atoms with van der Waals surface area (Å²) < 4.78 is 2.07. The van der Waals surface area contributed by atoms with Crippen LogP contribution in [0.25, 0.3) is 0 Å². The van der Waals surface area contributed by atoms with Gasteiger partial charge in [-0.3, -0.25) is 0 Å². The summed E-state index contributed by atoms with van der Waals surface area (Å²) in [4.78, 5) is 0. The van der Waals surface area contributed by atoms with E-state index >= 15 is 0 Å². The number of unbranched alkanes of at least 4 members (excludes halogenated alkanes) is 2. The normalized spacial score (nSPS) is 10.9. The molecule has 0 aliphatic carbocycles. The Kier molecular flexibility index (Phi) is 21.9. The number of hydrogen-bond donors (Lipinski definition) is 0. The lowest BCUT2D eigenvalue weighted by Gasteiger charge is -2.40. The maximum atomic E-state index is 4.01. The molecule has 0 aromatic heterocycles. The Bertz CT molecular complexity index is 382. The van der Waals surface area contributed by atoms with E-state index in [1.165, 1.54) is 38.8 Å². The molecule has 158 valence electrons. The SMILES string of the molecule is C=CC[N+](CC=C)(CC=C)CCC[N+](CC=C)(CC=C)CCCCC.[Br-].[Br-]. The van der Waals surface area contributed by atoms with Crippen LogP contribution in [0.5, 0.6) is 0 Å². The lowest BCUT2D eigenvalue weighted by Crippen LogP contribution is -3.00. The van der Waals surface area contributed by atoms with Crippen molar-refractivity contribution in [3.8, 4) is 0 Å². The molecule has 0 aromatic carbocycles. The summed E-state index contributed by atoms with van der Waals surface area (Å²) in [6, 6.07) is 0. The molecular formula is C23H42Br2N2. The summed E-state index contributed by atoms with van der Waals surface area (Å²) in [6.07, 6.45) is 15.3.